The molecular weight excluding hydrogens is 290 g/mol. The first kappa shape index (κ1) is 15.0. The Morgan fingerprint density at radius 1 is 1.23 bits per heavy atom. The second kappa shape index (κ2) is 6.88. The standard InChI is InChI=1S/C18H21N3S/c1-14-8-10-16(11-9-14)17-13-22-18(19-2)21(17)20-12-15-6-4-3-5-7-15/h3-4,8-13,15H,5-7H2,1-2H3. The van der Waals surface area contributed by atoms with Crippen LogP contribution in [0.4, 0.5) is 0 Å². The molecule has 3 rings (SSSR count). The van der Waals surface area contributed by atoms with Crippen LogP contribution in [-0.4, -0.2) is 17.9 Å². The molecule has 1 aliphatic carbocycles. The van der Waals surface area contributed by atoms with Gasteiger partial charge < -0.3 is 0 Å². The van der Waals surface area contributed by atoms with Crippen molar-refractivity contribution in [3.63, 3.8) is 0 Å². The molecule has 4 heteroatoms. The highest BCUT2D eigenvalue weighted by Gasteiger charge is 2.09. The molecule has 1 aromatic heterocycles. The minimum atomic E-state index is 0.535. The summed E-state index contributed by atoms with van der Waals surface area (Å²) < 4.78 is 1.97. The van der Waals surface area contributed by atoms with Crippen molar-refractivity contribution in [1.29, 1.82) is 0 Å². The van der Waals surface area contributed by atoms with Gasteiger partial charge in [0, 0.05) is 24.2 Å². The minimum absolute atomic E-state index is 0.535. The number of aryl methyl sites for hydroxylation is 1. The van der Waals surface area contributed by atoms with Gasteiger partial charge in [-0.05, 0) is 32.1 Å². The average Bonchev–Trinajstić information content (AvgIpc) is 2.97. The maximum absolute atomic E-state index is 4.73. The molecule has 0 spiro atoms. The highest BCUT2D eigenvalue weighted by Crippen LogP contribution is 2.21. The molecule has 0 amide bonds. The van der Waals surface area contributed by atoms with E-state index in [0.717, 1.165) is 23.3 Å². The van der Waals surface area contributed by atoms with Crippen LogP contribution >= 0.6 is 11.3 Å². The van der Waals surface area contributed by atoms with Gasteiger partial charge in [-0.15, -0.1) is 11.3 Å². The SMILES string of the molecule is CN=c1scc(-c2ccc(C)cc2)n1N=CC1CC=CCC1. The summed E-state index contributed by atoms with van der Waals surface area (Å²) in [5.74, 6) is 0.535. The van der Waals surface area contributed by atoms with E-state index < -0.39 is 0 Å². The first-order chi connectivity index (χ1) is 10.8. The molecule has 3 nitrogen and oxygen atoms in total. The van der Waals surface area contributed by atoms with E-state index in [1.807, 2.05) is 11.7 Å². The van der Waals surface area contributed by atoms with Crippen LogP contribution in [0.5, 0.6) is 0 Å². The fourth-order valence-corrected chi connectivity index (χ4v) is 3.40. The summed E-state index contributed by atoms with van der Waals surface area (Å²) >= 11 is 1.63. The number of aromatic nitrogens is 1. The average molecular weight is 311 g/mol. The summed E-state index contributed by atoms with van der Waals surface area (Å²) in [4.78, 5) is 5.28. The topological polar surface area (TPSA) is 29.6 Å². The molecule has 1 atom stereocenters. The Morgan fingerprint density at radius 3 is 2.73 bits per heavy atom. The van der Waals surface area contributed by atoms with E-state index in [4.69, 9.17) is 5.10 Å². The van der Waals surface area contributed by atoms with Gasteiger partial charge in [0.15, 0.2) is 0 Å². The monoisotopic (exact) mass is 311 g/mol. The lowest BCUT2D eigenvalue weighted by atomic mass is 9.96. The quantitative estimate of drug-likeness (QED) is 0.599. The summed E-state index contributed by atoms with van der Waals surface area (Å²) in [5, 5.41) is 6.86. The zero-order valence-electron chi connectivity index (χ0n) is 13.1. The molecule has 0 aliphatic heterocycles. The van der Waals surface area contributed by atoms with Gasteiger partial charge in [0.05, 0.1) is 5.69 Å². The molecule has 1 unspecified atom stereocenters. The molecule has 114 valence electrons. The van der Waals surface area contributed by atoms with Crippen LogP contribution in [0.25, 0.3) is 11.3 Å². The maximum atomic E-state index is 4.73. The largest absolute Gasteiger partial charge is 0.261 e. The van der Waals surface area contributed by atoms with E-state index in [2.05, 4.69) is 59.9 Å². The highest BCUT2D eigenvalue weighted by atomic mass is 32.1. The Hall–Kier alpha value is -1.94. The molecule has 0 radical (unpaired) electrons. The Labute approximate surface area is 135 Å². The molecular formula is C18H21N3S. The van der Waals surface area contributed by atoms with E-state index in [1.165, 1.54) is 17.5 Å². The van der Waals surface area contributed by atoms with Gasteiger partial charge in [-0.2, -0.15) is 5.10 Å². The molecule has 1 heterocycles. The van der Waals surface area contributed by atoms with Crippen LogP contribution in [0.2, 0.25) is 0 Å². The fraction of sp³-hybridized carbons (Fsp3) is 0.333. The van der Waals surface area contributed by atoms with Crippen molar-refractivity contribution in [3.8, 4) is 11.3 Å². The van der Waals surface area contributed by atoms with Crippen LogP contribution in [0.3, 0.4) is 0 Å². The highest BCUT2D eigenvalue weighted by molar-refractivity contribution is 7.07. The van der Waals surface area contributed by atoms with Crippen molar-refractivity contribution in [2.45, 2.75) is 26.2 Å². The van der Waals surface area contributed by atoms with Gasteiger partial charge in [0.25, 0.3) is 0 Å². The van der Waals surface area contributed by atoms with Gasteiger partial charge in [-0.25, -0.2) is 4.68 Å². The molecule has 2 aromatic rings. The van der Waals surface area contributed by atoms with Gasteiger partial charge in [0.1, 0.15) is 0 Å². The third-order valence-corrected chi connectivity index (χ3v) is 4.83. The number of allylic oxidation sites excluding steroid dienone is 2. The van der Waals surface area contributed by atoms with Gasteiger partial charge in [-0.1, -0.05) is 42.0 Å². The Morgan fingerprint density at radius 2 is 2.05 bits per heavy atom. The van der Waals surface area contributed by atoms with Crippen LogP contribution in [0.1, 0.15) is 24.8 Å². The van der Waals surface area contributed by atoms with Crippen molar-refractivity contribution in [2.24, 2.45) is 16.0 Å². The summed E-state index contributed by atoms with van der Waals surface area (Å²) in [6.45, 7) is 2.10. The van der Waals surface area contributed by atoms with E-state index in [-0.39, 0.29) is 0 Å². The van der Waals surface area contributed by atoms with Crippen LogP contribution in [0, 0.1) is 12.8 Å². The number of nitrogens with zero attached hydrogens (tertiary/aromatic N) is 3. The third kappa shape index (κ3) is 3.28. The second-order valence-corrected chi connectivity index (χ2v) is 6.45. The van der Waals surface area contributed by atoms with E-state index in [0.29, 0.717) is 5.92 Å². The zero-order valence-corrected chi connectivity index (χ0v) is 13.9. The second-order valence-electron chi connectivity index (χ2n) is 5.61. The Balaban J connectivity index is 1.95. The van der Waals surface area contributed by atoms with Gasteiger partial charge in [-0.3, -0.25) is 4.99 Å². The van der Waals surface area contributed by atoms with Crippen molar-refractivity contribution in [2.75, 3.05) is 7.05 Å². The van der Waals surface area contributed by atoms with Crippen LogP contribution < -0.4 is 4.80 Å². The molecule has 0 saturated heterocycles. The maximum Gasteiger partial charge on any atom is 0.205 e. The third-order valence-electron chi connectivity index (χ3n) is 3.93. The fourth-order valence-electron chi connectivity index (χ4n) is 2.60. The molecule has 0 N–H and O–H groups in total. The van der Waals surface area contributed by atoms with Crippen molar-refractivity contribution in [1.82, 2.24) is 4.68 Å². The summed E-state index contributed by atoms with van der Waals surface area (Å²) in [6.07, 6.45) is 10.0. The number of thiazole rings is 1. The lowest BCUT2D eigenvalue weighted by Gasteiger charge is -2.12. The first-order valence-corrected chi connectivity index (χ1v) is 8.56. The van der Waals surface area contributed by atoms with Gasteiger partial charge >= 0.3 is 0 Å². The zero-order chi connectivity index (χ0) is 15.4. The van der Waals surface area contributed by atoms with Crippen LogP contribution in [-0.2, 0) is 0 Å². The normalized spacial score (nSPS) is 19.2. The predicted octanol–water partition coefficient (Wildman–Crippen LogP) is 4.25. The molecule has 0 bridgehead atoms. The van der Waals surface area contributed by atoms with Crippen molar-refractivity contribution < 1.29 is 0 Å². The van der Waals surface area contributed by atoms with E-state index in [9.17, 15) is 0 Å². The molecule has 0 saturated carbocycles. The lowest BCUT2D eigenvalue weighted by molar-refractivity contribution is 0.621. The number of hydrogen-bond donors (Lipinski definition) is 0. The summed E-state index contributed by atoms with van der Waals surface area (Å²) in [5.41, 5.74) is 3.55. The minimum Gasteiger partial charge on any atom is -0.261 e. The summed E-state index contributed by atoms with van der Waals surface area (Å²) in [7, 11) is 1.82. The first-order valence-electron chi connectivity index (χ1n) is 7.68. The molecule has 1 aromatic carbocycles. The predicted molar refractivity (Wildman–Crippen MR) is 94.3 cm³/mol. The summed E-state index contributed by atoms with van der Waals surface area (Å²) in [6, 6.07) is 8.56. The van der Waals surface area contributed by atoms with Crippen molar-refractivity contribution >= 4 is 17.6 Å². The smallest absolute Gasteiger partial charge is 0.205 e. The molecule has 0 fully saturated rings. The lowest BCUT2D eigenvalue weighted by Crippen LogP contribution is -2.13. The Kier molecular flexibility index (Phi) is 4.68. The molecule has 1 aliphatic rings. The van der Waals surface area contributed by atoms with Crippen LogP contribution in [0.15, 0.2) is 51.9 Å². The van der Waals surface area contributed by atoms with E-state index >= 15 is 0 Å². The number of benzene rings is 1. The van der Waals surface area contributed by atoms with Crippen molar-refractivity contribution in [3.05, 3.63) is 52.2 Å². The van der Waals surface area contributed by atoms with Gasteiger partial charge in [0.2, 0.25) is 4.80 Å². The number of rotatable bonds is 3. The Bertz CT molecular complexity index is 747. The molecule has 22 heavy (non-hydrogen) atoms. The van der Waals surface area contributed by atoms with E-state index in [1.54, 1.807) is 11.3 Å². The number of hydrogen-bond acceptors (Lipinski definition) is 3.